The number of nitrogens with zero attached hydrogens (tertiary/aromatic N) is 2. The summed E-state index contributed by atoms with van der Waals surface area (Å²) in [6.45, 7) is 3.13. The molecule has 0 aliphatic carbocycles. The highest BCUT2D eigenvalue weighted by Crippen LogP contribution is 2.31. The van der Waals surface area contributed by atoms with Gasteiger partial charge in [-0.25, -0.2) is 0 Å². The van der Waals surface area contributed by atoms with E-state index in [9.17, 15) is 0 Å². The van der Waals surface area contributed by atoms with Gasteiger partial charge in [0.1, 0.15) is 0 Å². The Morgan fingerprint density at radius 1 is 0.857 bits per heavy atom. The monoisotopic (exact) mass is 272 g/mol. The van der Waals surface area contributed by atoms with Crippen molar-refractivity contribution in [1.29, 1.82) is 0 Å². The zero-order valence-electron chi connectivity index (χ0n) is 12.0. The van der Waals surface area contributed by atoms with Crippen molar-refractivity contribution in [2.24, 2.45) is 0 Å². The molecule has 2 heteroatoms. The largest absolute Gasteiger partial charge is 0.339 e. The van der Waals surface area contributed by atoms with Crippen molar-refractivity contribution in [2.45, 2.75) is 13.5 Å². The molecule has 0 radical (unpaired) electrons. The van der Waals surface area contributed by atoms with E-state index in [0.717, 1.165) is 12.1 Å². The molecule has 0 atom stereocenters. The summed E-state index contributed by atoms with van der Waals surface area (Å²) in [5.41, 5.74) is 6.06. The number of aryl methyl sites for hydroxylation is 1. The van der Waals surface area contributed by atoms with Gasteiger partial charge in [0.15, 0.2) is 0 Å². The molecule has 2 aromatic carbocycles. The number of benzene rings is 2. The molecule has 0 saturated carbocycles. The maximum Gasteiger partial charge on any atom is 0.0959 e. The summed E-state index contributed by atoms with van der Waals surface area (Å²) in [5.74, 6) is 0. The van der Waals surface area contributed by atoms with Crippen LogP contribution in [-0.4, -0.2) is 9.55 Å². The molecule has 0 fully saturated rings. The summed E-state index contributed by atoms with van der Waals surface area (Å²) in [4.78, 5) is 4.56. The molecule has 2 heterocycles. The summed E-state index contributed by atoms with van der Waals surface area (Å²) < 4.78 is 2.34. The van der Waals surface area contributed by atoms with Crippen molar-refractivity contribution in [3.63, 3.8) is 0 Å². The summed E-state index contributed by atoms with van der Waals surface area (Å²) in [7, 11) is 0. The van der Waals surface area contributed by atoms with E-state index >= 15 is 0 Å². The Morgan fingerprint density at radius 3 is 2.52 bits per heavy atom. The van der Waals surface area contributed by atoms with E-state index in [0.29, 0.717) is 0 Å². The van der Waals surface area contributed by atoms with Crippen LogP contribution in [0.5, 0.6) is 0 Å². The fourth-order valence-electron chi connectivity index (χ4n) is 3.06. The molecular formula is C19H16N2. The predicted octanol–water partition coefficient (Wildman–Crippen LogP) is 4.88. The minimum Gasteiger partial charge on any atom is -0.339 e. The second-order valence-corrected chi connectivity index (χ2v) is 5.21. The average Bonchev–Trinajstić information content (AvgIpc) is 2.88. The van der Waals surface area contributed by atoms with Crippen molar-refractivity contribution in [3.05, 3.63) is 66.9 Å². The topological polar surface area (TPSA) is 17.8 Å². The minimum atomic E-state index is 0.948. The molecule has 0 saturated heterocycles. The van der Waals surface area contributed by atoms with Crippen molar-refractivity contribution < 1.29 is 0 Å². The summed E-state index contributed by atoms with van der Waals surface area (Å²) in [5, 5.41) is 1.23. The van der Waals surface area contributed by atoms with Crippen LogP contribution in [0.3, 0.4) is 0 Å². The molecule has 21 heavy (non-hydrogen) atoms. The second-order valence-electron chi connectivity index (χ2n) is 5.21. The van der Waals surface area contributed by atoms with Crippen molar-refractivity contribution in [3.8, 4) is 11.1 Å². The average molecular weight is 272 g/mol. The van der Waals surface area contributed by atoms with E-state index in [1.807, 2.05) is 12.3 Å². The zero-order valence-corrected chi connectivity index (χ0v) is 12.0. The van der Waals surface area contributed by atoms with E-state index < -0.39 is 0 Å². The van der Waals surface area contributed by atoms with Crippen LogP contribution < -0.4 is 0 Å². The van der Waals surface area contributed by atoms with E-state index in [1.54, 1.807) is 0 Å². The molecular weight excluding hydrogens is 256 g/mol. The Morgan fingerprint density at radius 2 is 1.71 bits per heavy atom. The lowest BCUT2D eigenvalue weighted by molar-refractivity contribution is 0.826. The standard InChI is InChI=1S/C19H16N2/c1-2-21-17-9-6-12-20-19(17)16-11-10-15(13-18(16)21)14-7-4-3-5-8-14/h3-13H,2H2,1H3. The summed E-state index contributed by atoms with van der Waals surface area (Å²) >= 11 is 0. The Labute approximate surface area is 123 Å². The molecule has 0 aliphatic rings. The number of fused-ring (bicyclic) bond motifs is 3. The lowest BCUT2D eigenvalue weighted by Gasteiger charge is -2.05. The Kier molecular flexibility index (Phi) is 2.74. The third-order valence-corrected chi connectivity index (χ3v) is 4.04. The van der Waals surface area contributed by atoms with Gasteiger partial charge in [0, 0.05) is 18.1 Å². The number of pyridine rings is 1. The van der Waals surface area contributed by atoms with Gasteiger partial charge in [0.25, 0.3) is 0 Å². The molecule has 0 bridgehead atoms. The number of rotatable bonds is 2. The molecule has 0 spiro atoms. The van der Waals surface area contributed by atoms with Crippen LogP contribution in [0.1, 0.15) is 6.92 Å². The smallest absolute Gasteiger partial charge is 0.0959 e. The first-order valence-corrected chi connectivity index (χ1v) is 7.31. The fourth-order valence-corrected chi connectivity index (χ4v) is 3.06. The molecule has 2 aromatic heterocycles. The Bertz CT molecular complexity index is 920. The van der Waals surface area contributed by atoms with Crippen LogP contribution in [0.2, 0.25) is 0 Å². The predicted molar refractivity (Wildman–Crippen MR) is 88.3 cm³/mol. The van der Waals surface area contributed by atoms with Crippen molar-refractivity contribution in [1.82, 2.24) is 9.55 Å². The molecule has 102 valence electrons. The quantitative estimate of drug-likeness (QED) is 0.508. The molecule has 0 N–H and O–H groups in total. The van der Waals surface area contributed by atoms with E-state index in [-0.39, 0.29) is 0 Å². The SMILES string of the molecule is CCn1c2cc(-c3ccccc3)ccc2c2ncccc21. The minimum absolute atomic E-state index is 0.948. The van der Waals surface area contributed by atoms with Crippen molar-refractivity contribution >= 4 is 21.9 Å². The van der Waals surface area contributed by atoms with Crippen molar-refractivity contribution in [2.75, 3.05) is 0 Å². The highest BCUT2D eigenvalue weighted by Gasteiger charge is 2.11. The highest BCUT2D eigenvalue weighted by atomic mass is 15.0. The third kappa shape index (κ3) is 1.83. The van der Waals surface area contributed by atoms with Gasteiger partial charge in [-0.05, 0) is 36.2 Å². The van der Waals surface area contributed by atoms with Gasteiger partial charge in [-0.2, -0.15) is 0 Å². The summed E-state index contributed by atoms with van der Waals surface area (Å²) in [6, 6.07) is 21.3. The van der Waals surface area contributed by atoms with Gasteiger partial charge < -0.3 is 4.57 Å². The molecule has 4 rings (SSSR count). The van der Waals surface area contributed by atoms with Gasteiger partial charge in [-0.15, -0.1) is 0 Å². The first-order chi connectivity index (χ1) is 10.4. The van der Waals surface area contributed by atoms with E-state index in [1.165, 1.54) is 27.5 Å². The second kappa shape index (κ2) is 4.74. The number of hydrogen-bond acceptors (Lipinski definition) is 1. The Hall–Kier alpha value is -2.61. The van der Waals surface area contributed by atoms with Crippen LogP contribution in [0.15, 0.2) is 66.9 Å². The van der Waals surface area contributed by atoms with Crippen LogP contribution in [0.25, 0.3) is 33.1 Å². The number of aromatic nitrogens is 2. The summed E-state index contributed by atoms with van der Waals surface area (Å²) in [6.07, 6.45) is 1.87. The van der Waals surface area contributed by atoms with E-state index in [4.69, 9.17) is 0 Å². The third-order valence-electron chi connectivity index (χ3n) is 4.04. The molecule has 0 amide bonds. The zero-order chi connectivity index (χ0) is 14.2. The van der Waals surface area contributed by atoms with Crippen LogP contribution in [0.4, 0.5) is 0 Å². The van der Waals surface area contributed by atoms with Crippen LogP contribution in [0, 0.1) is 0 Å². The Balaban J connectivity index is 2.06. The first-order valence-electron chi connectivity index (χ1n) is 7.31. The molecule has 2 nitrogen and oxygen atoms in total. The highest BCUT2D eigenvalue weighted by molar-refractivity contribution is 6.06. The van der Waals surface area contributed by atoms with Gasteiger partial charge in [-0.3, -0.25) is 4.98 Å². The van der Waals surface area contributed by atoms with Gasteiger partial charge >= 0.3 is 0 Å². The van der Waals surface area contributed by atoms with Crippen LogP contribution >= 0.6 is 0 Å². The molecule has 0 aliphatic heterocycles. The van der Waals surface area contributed by atoms with E-state index in [2.05, 4.69) is 71.1 Å². The maximum atomic E-state index is 4.56. The first kappa shape index (κ1) is 12.2. The van der Waals surface area contributed by atoms with Gasteiger partial charge in [0.2, 0.25) is 0 Å². The normalized spacial score (nSPS) is 11.3. The molecule has 4 aromatic rings. The molecule has 0 unspecified atom stereocenters. The maximum absolute atomic E-state index is 4.56. The lowest BCUT2D eigenvalue weighted by atomic mass is 10.0. The number of hydrogen-bond donors (Lipinski definition) is 0. The fraction of sp³-hybridized carbons (Fsp3) is 0.105. The van der Waals surface area contributed by atoms with Gasteiger partial charge in [0.05, 0.1) is 16.6 Å². The lowest BCUT2D eigenvalue weighted by Crippen LogP contribution is -1.93. The van der Waals surface area contributed by atoms with Crippen LogP contribution in [-0.2, 0) is 6.54 Å². The van der Waals surface area contributed by atoms with Gasteiger partial charge in [-0.1, -0.05) is 42.5 Å².